The third kappa shape index (κ3) is 3.78. The summed E-state index contributed by atoms with van der Waals surface area (Å²) in [6.45, 7) is 2.22. The van der Waals surface area contributed by atoms with E-state index in [1.54, 1.807) is 42.6 Å². The van der Waals surface area contributed by atoms with Crippen molar-refractivity contribution in [2.45, 2.75) is 6.42 Å². The average Bonchev–Trinajstić information content (AvgIpc) is 3.40. The van der Waals surface area contributed by atoms with Gasteiger partial charge in [-0.2, -0.15) is 5.10 Å². The van der Waals surface area contributed by atoms with Gasteiger partial charge in [0, 0.05) is 44.0 Å². The molecule has 1 aromatic carbocycles. The van der Waals surface area contributed by atoms with Crippen LogP contribution >= 0.6 is 0 Å². The van der Waals surface area contributed by atoms with E-state index >= 15 is 0 Å². The van der Waals surface area contributed by atoms with Crippen molar-refractivity contribution in [2.75, 3.05) is 24.5 Å². The van der Waals surface area contributed by atoms with Gasteiger partial charge < -0.3 is 10.2 Å². The first kappa shape index (κ1) is 17.9. The van der Waals surface area contributed by atoms with Gasteiger partial charge in [0.1, 0.15) is 12.7 Å². The van der Waals surface area contributed by atoms with Crippen LogP contribution in [0, 0.1) is 5.92 Å². The molecule has 0 saturated carbocycles. The summed E-state index contributed by atoms with van der Waals surface area (Å²) in [7, 11) is 1.63. The van der Waals surface area contributed by atoms with Gasteiger partial charge in [-0.15, -0.1) is 10.2 Å². The van der Waals surface area contributed by atoms with Crippen LogP contribution in [0.4, 0.5) is 5.69 Å². The molecule has 0 radical (unpaired) electrons. The van der Waals surface area contributed by atoms with E-state index in [0.717, 1.165) is 30.9 Å². The third-order valence-electron chi connectivity index (χ3n) is 4.98. The zero-order valence-corrected chi connectivity index (χ0v) is 15.5. The molecule has 1 aliphatic rings. The Morgan fingerprint density at radius 3 is 2.82 bits per heavy atom. The number of carbonyl (C=O) groups is 1. The van der Waals surface area contributed by atoms with E-state index in [2.05, 4.69) is 25.5 Å². The number of rotatable bonds is 5. The van der Waals surface area contributed by atoms with Crippen molar-refractivity contribution in [3.05, 3.63) is 65.1 Å². The van der Waals surface area contributed by atoms with Crippen LogP contribution < -0.4 is 15.8 Å². The minimum Gasteiger partial charge on any atom is -0.370 e. The first-order valence-electron chi connectivity index (χ1n) is 9.12. The van der Waals surface area contributed by atoms with Crippen molar-refractivity contribution in [3.8, 4) is 5.69 Å². The topological polar surface area (TPSA) is 97.9 Å². The van der Waals surface area contributed by atoms with Crippen LogP contribution in [0.25, 0.3) is 5.69 Å². The number of benzene rings is 1. The molecule has 9 nitrogen and oxygen atoms in total. The highest BCUT2D eigenvalue weighted by Crippen LogP contribution is 2.21. The van der Waals surface area contributed by atoms with Gasteiger partial charge >= 0.3 is 0 Å². The number of hydrogen-bond acceptors (Lipinski definition) is 6. The van der Waals surface area contributed by atoms with Crippen molar-refractivity contribution in [2.24, 2.45) is 13.0 Å². The van der Waals surface area contributed by atoms with E-state index < -0.39 is 0 Å². The van der Waals surface area contributed by atoms with Gasteiger partial charge in [-0.1, -0.05) is 6.07 Å². The second-order valence-corrected chi connectivity index (χ2v) is 6.91. The lowest BCUT2D eigenvalue weighted by Gasteiger charge is -2.18. The molecule has 0 spiro atoms. The Hall–Kier alpha value is -3.49. The summed E-state index contributed by atoms with van der Waals surface area (Å²) >= 11 is 0. The standard InChI is InChI=1S/C19H21N7O2/c1-24-18(27)8-17(10-23-24)25-6-5-14(11-25)9-20-19(28)15-3-2-4-16(7-15)26-12-21-22-13-26/h2-4,7-8,10,12-14H,5-6,9,11H2,1H3,(H,20,28). The molecule has 2 aromatic heterocycles. The molecule has 3 aromatic rings. The van der Waals surface area contributed by atoms with Crippen LogP contribution in [0.5, 0.6) is 0 Å². The van der Waals surface area contributed by atoms with Gasteiger partial charge in [0.15, 0.2) is 0 Å². The van der Waals surface area contributed by atoms with Crippen molar-refractivity contribution < 1.29 is 4.79 Å². The molecule has 1 N–H and O–H groups in total. The molecule has 144 valence electrons. The van der Waals surface area contributed by atoms with E-state index in [1.165, 1.54) is 4.68 Å². The molecular weight excluding hydrogens is 358 g/mol. The van der Waals surface area contributed by atoms with Crippen LogP contribution in [0.3, 0.4) is 0 Å². The summed E-state index contributed by atoms with van der Waals surface area (Å²) in [6.07, 6.45) is 5.85. The molecule has 0 aliphatic carbocycles. The first-order valence-corrected chi connectivity index (χ1v) is 9.12. The number of carbonyl (C=O) groups excluding carboxylic acids is 1. The van der Waals surface area contributed by atoms with E-state index in [4.69, 9.17) is 0 Å². The maximum Gasteiger partial charge on any atom is 0.268 e. The maximum atomic E-state index is 12.5. The second-order valence-electron chi connectivity index (χ2n) is 6.91. The van der Waals surface area contributed by atoms with Gasteiger partial charge in [0.2, 0.25) is 0 Å². The molecule has 4 rings (SSSR count). The number of aromatic nitrogens is 5. The quantitative estimate of drug-likeness (QED) is 0.698. The van der Waals surface area contributed by atoms with Gasteiger partial charge in [-0.3, -0.25) is 14.2 Å². The van der Waals surface area contributed by atoms with E-state index in [-0.39, 0.29) is 11.5 Å². The first-order chi connectivity index (χ1) is 13.6. The molecular formula is C19H21N7O2. The van der Waals surface area contributed by atoms with Gasteiger partial charge in [-0.25, -0.2) is 4.68 Å². The second kappa shape index (κ2) is 7.63. The summed E-state index contributed by atoms with van der Waals surface area (Å²) in [5.41, 5.74) is 2.14. The van der Waals surface area contributed by atoms with Crippen LogP contribution in [0.1, 0.15) is 16.8 Å². The smallest absolute Gasteiger partial charge is 0.268 e. The van der Waals surface area contributed by atoms with Crippen molar-refractivity contribution in [3.63, 3.8) is 0 Å². The Kier molecular flexibility index (Phi) is 4.88. The molecule has 3 heterocycles. The lowest BCUT2D eigenvalue weighted by molar-refractivity contribution is 0.0948. The summed E-state index contributed by atoms with van der Waals surface area (Å²) < 4.78 is 3.06. The SMILES string of the molecule is Cn1ncc(N2CCC(CNC(=O)c3cccc(-n4cnnc4)c3)C2)cc1=O. The van der Waals surface area contributed by atoms with Gasteiger partial charge in [-0.05, 0) is 30.5 Å². The number of anilines is 1. The Balaban J connectivity index is 1.35. The van der Waals surface area contributed by atoms with Gasteiger partial charge in [0.25, 0.3) is 11.5 Å². The van der Waals surface area contributed by atoms with Crippen LogP contribution in [-0.2, 0) is 7.05 Å². The Morgan fingerprint density at radius 1 is 1.21 bits per heavy atom. The zero-order chi connectivity index (χ0) is 19.5. The summed E-state index contributed by atoms with van der Waals surface area (Å²) in [5, 5.41) is 14.7. The minimum absolute atomic E-state index is 0.108. The average molecular weight is 379 g/mol. The van der Waals surface area contributed by atoms with Crippen molar-refractivity contribution in [1.82, 2.24) is 29.9 Å². The van der Waals surface area contributed by atoms with Crippen molar-refractivity contribution >= 4 is 11.6 Å². The summed E-state index contributed by atoms with van der Waals surface area (Å²) in [5.74, 6) is 0.220. The van der Waals surface area contributed by atoms with Gasteiger partial charge in [0.05, 0.1) is 11.9 Å². The molecule has 1 aliphatic heterocycles. The fourth-order valence-corrected chi connectivity index (χ4v) is 3.35. The lowest BCUT2D eigenvalue weighted by Crippen LogP contribution is -2.31. The maximum absolute atomic E-state index is 12.5. The zero-order valence-electron chi connectivity index (χ0n) is 15.5. The molecule has 1 atom stereocenters. The Morgan fingerprint density at radius 2 is 2.04 bits per heavy atom. The Labute approximate surface area is 161 Å². The summed E-state index contributed by atoms with van der Waals surface area (Å²) in [4.78, 5) is 26.4. The van der Waals surface area contributed by atoms with Crippen LogP contribution in [-0.4, -0.2) is 50.1 Å². The fraction of sp³-hybridized carbons (Fsp3) is 0.316. The van der Waals surface area contributed by atoms with Crippen LogP contribution in [0.15, 0.2) is 54.0 Å². The van der Waals surface area contributed by atoms with E-state index in [0.29, 0.717) is 18.0 Å². The van der Waals surface area contributed by atoms with Crippen molar-refractivity contribution in [1.29, 1.82) is 0 Å². The number of hydrogen-bond donors (Lipinski definition) is 1. The molecule has 1 saturated heterocycles. The Bertz CT molecular complexity index is 1030. The number of aryl methyl sites for hydroxylation is 1. The number of nitrogens with zero attached hydrogens (tertiary/aromatic N) is 6. The predicted molar refractivity (Wildman–Crippen MR) is 103 cm³/mol. The molecule has 1 amide bonds. The van der Waals surface area contributed by atoms with Crippen LogP contribution in [0.2, 0.25) is 0 Å². The van der Waals surface area contributed by atoms with E-state index in [9.17, 15) is 9.59 Å². The molecule has 1 unspecified atom stereocenters. The fourth-order valence-electron chi connectivity index (χ4n) is 3.35. The molecule has 28 heavy (non-hydrogen) atoms. The number of amides is 1. The molecule has 1 fully saturated rings. The van der Waals surface area contributed by atoms with E-state index in [1.807, 2.05) is 18.2 Å². The minimum atomic E-state index is -0.123. The monoisotopic (exact) mass is 379 g/mol. The highest BCUT2D eigenvalue weighted by Gasteiger charge is 2.24. The largest absolute Gasteiger partial charge is 0.370 e. The predicted octanol–water partition coefficient (Wildman–Crippen LogP) is 0.617. The molecule has 0 bridgehead atoms. The lowest BCUT2D eigenvalue weighted by atomic mass is 10.1. The normalized spacial score (nSPS) is 16.3. The highest BCUT2D eigenvalue weighted by atomic mass is 16.1. The molecule has 9 heteroatoms. The third-order valence-corrected chi connectivity index (χ3v) is 4.98. The number of nitrogens with one attached hydrogen (secondary N) is 1. The highest BCUT2D eigenvalue weighted by molar-refractivity contribution is 5.94. The summed E-state index contributed by atoms with van der Waals surface area (Å²) in [6, 6.07) is 8.93.